The van der Waals surface area contributed by atoms with Gasteiger partial charge in [0.25, 0.3) is 0 Å². The van der Waals surface area contributed by atoms with Crippen molar-refractivity contribution in [2.24, 2.45) is 17.8 Å². The molecule has 152 valence electrons. The fraction of sp³-hybridized carbons (Fsp3) is 0.750. The number of aliphatic hydroxyl groups excluding tert-OH is 2. The zero-order valence-electron chi connectivity index (χ0n) is 16.1. The van der Waals surface area contributed by atoms with Crippen LogP contribution in [0.5, 0.6) is 0 Å². The highest BCUT2D eigenvalue weighted by atomic mass is 35.5. The van der Waals surface area contributed by atoms with Crippen molar-refractivity contribution in [3.63, 3.8) is 0 Å². The van der Waals surface area contributed by atoms with E-state index in [0.717, 1.165) is 0 Å². The third-order valence-electron chi connectivity index (χ3n) is 7.31. The molecule has 0 amide bonds. The molecule has 0 aliphatic heterocycles. The molecule has 3 aliphatic carbocycles. The van der Waals surface area contributed by atoms with Gasteiger partial charge in [0.1, 0.15) is 6.10 Å². The molecule has 28 heavy (non-hydrogen) atoms. The summed E-state index contributed by atoms with van der Waals surface area (Å²) in [6.45, 7) is 1.95. The van der Waals surface area contributed by atoms with Gasteiger partial charge in [0.15, 0.2) is 17.0 Å². The van der Waals surface area contributed by atoms with Gasteiger partial charge in [-0.25, -0.2) is 4.98 Å². The lowest BCUT2D eigenvalue weighted by molar-refractivity contribution is 0.00964. The highest BCUT2D eigenvalue weighted by Crippen LogP contribution is 2.42. The van der Waals surface area contributed by atoms with E-state index in [9.17, 15) is 10.2 Å². The lowest BCUT2D eigenvalue weighted by atomic mass is 9.68. The number of hydrogen-bond acceptors (Lipinski definition) is 6. The number of hydrogen-bond donors (Lipinski definition) is 3. The summed E-state index contributed by atoms with van der Waals surface area (Å²) in [5.74, 6) is 2.11. The average molecular weight is 406 g/mol. The normalized spacial score (nSPS) is 31.3. The molecule has 2 aromatic heterocycles. The number of halogens is 1. The summed E-state index contributed by atoms with van der Waals surface area (Å²) < 4.78 is 1.85. The van der Waals surface area contributed by atoms with Gasteiger partial charge < -0.3 is 20.1 Å². The molecule has 4 atom stereocenters. The number of nitrogens with one attached hydrogen (secondary N) is 1. The number of aromatic nitrogens is 4. The Kier molecular flexibility index (Phi) is 4.72. The zero-order valence-corrected chi connectivity index (χ0v) is 16.9. The first-order valence-corrected chi connectivity index (χ1v) is 10.9. The van der Waals surface area contributed by atoms with Gasteiger partial charge in [-0.15, -0.1) is 0 Å². The van der Waals surface area contributed by atoms with Gasteiger partial charge in [-0.3, -0.25) is 0 Å². The van der Waals surface area contributed by atoms with E-state index in [1.807, 2.05) is 11.5 Å². The van der Waals surface area contributed by atoms with Crippen molar-refractivity contribution < 1.29 is 10.2 Å². The van der Waals surface area contributed by atoms with Crippen LogP contribution in [-0.2, 0) is 0 Å². The highest BCUT2D eigenvalue weighted by molar-refractivity contribution is 6.28. The Hall–Kier alpha value is -1.44. The topological polar surface area (TPSA) is 96.1 Å². The maximum atomic E-state index is 10.5. The Balaban J connectivity index is 1.49. The Morgan fingerprint density at radius 3 is 2.32 bits per heavy atom. The second-order valence-electron chi connectivity index (χ2n) is 8.98. The quantitative estimate of drug-likeness (QED) is 0.661. The summed E-state index contributed by atoms with van der Waals surface area (Å²) in [7, 11) is 0. The first-order chi connectivity index (χ1) is 13.5. The van der Waals surface area contributed by atoms with Crippen molar-refractivity contribution in [3.05, 3.63) is 11.6 Å². The van der Waals surface area contributed by atoms with E-state index in [0.29, 0.717) is 41.3 Å². The summed E-state index contributed by atoms with van der Waals surface area (Å²) in [6.07, 6.45) is 8.50. The Morgan fingerprint density at radius 2 is 1.79 bits per heavy atom. The molecule has 3 fully saturated rings. The largest absolute Gasteiger partial charge is 0.390 e. The van der Waals surface area contributed by atoms with Crippen LogP contribution in [-0.4, -0.2) is 48.0 Å². The van der Waals surface area contributed by atoms with E-state index in [4.69, 9.17) is 11.6 Å². The summed E-state index contributed by atoms with van der Waals surface area (Å²) in [6, 6.07) is 0.156. The summed E-state index contributed by atoms with van der Waals surface area (Å²) >= 11 is 6.28. The van der Waals surface area contributed by atoms with Crippen LogP contribution in [0, 0.1) is 17.8 Å². The highest BCUT2D eigenvalue weighted by Gasteiger charge is 2.41. The van der Waals surface area contributed by atoms with Crippen LogP contribution in [0.15, 0.2) is 6.33 Å². The molecule has 5 rings (SSSR count). The smallest absolute Gasteiger partial charge is 0.226 e. The van der Waals surface area contributed by atoms with Gasteiger partial charge >= 0.3 is 0 Å². The van der Waals surface area contributed by atoms with Gasteiger partial charge in [0, 0.05) is 6.04 Å². The van der Waals surface area contributed by atoms with Crippen LogP contribution in [0.4, 0.5) is 5.82 Å². The predicted molar refractivity (Wildman–Crippen MR) is 107 cm³/mol. The van der Waals surface area contributed by atoms with Crippen molar-refractivity contribution in [1.29, 1.82) is 0 Å². The minimum absolute atomic E-state index is 0.0222. The van der Waals surface area contributed by atoms with Gasteiger partial charge in [-0.05, 0) is 61.5 Å². The monoisotopic (exact) mass is 405 g/mol. The number of anilines is 1. The second-order valence-corrected chi connectivity index (χ2v) is 9.32. The van der Waals surface area contributed by atoms with E-state index >= 15 is 0 Å². The van der Waals surface area contributed by atoms with Crippen molar-refractivity contribution in [2.45, 2.75) is 76.2 Å². The van der Waals surface area contributed by atoms with Crippen LogP contribution in [0.25, 0.3) is 11.2 Å². The fourth-order valence-corrected chi connectivity index (χ4v) is 5.28. The number of rotatable bonds is 5. The molecule has 0 radical (unpaired) electrons. The van der Waals surface area contributed by atoms with Crippen LogP contribution in [0.1, 0.15) is 57.9 Å². The van der Waals surface area contributed by atoms with Gasteiger partial charge in [0.2, 0.25) is 5.28 Å². The first-order valence-electron chi connectivity index (χ1n) is 10.6. The number of aliphatic hydroxyl groups is 2. The number of nitrogens with zero attached hydrogens (tertiary/aromatic N) is 4. The lowest BCUT2D eigenvalue weighted by Crippen LogP contribution is -2.42. The molecule has 3 saturated carbocycles. The minimum atomic E-state index is -0.838. The molecular weight excluding hydrogens is 378 g/mol. The molecule has 0 bridgehead atoms. The standard InChI is InChI=1S/C20H28ClN5O2/c1-10-8-13(17(28)16(10)27)26-9-22-15-18(24-20(21)25-19(15)26)23-14(11-4-2-5-11)12-6-3-7-12/h9-14,16-17,27-28H,2-8H2,1H3,(H,23,24,25)/t10?,13-,16-,17+/m1/s1. The van der Waals surface area contributed by atoms with Crippen LogP contribution >= 0.6 is 11.6 Å². The molecule has 3 aliphatic rings. The van der Waals surface area contributed by atoms with Crippen LogP contribution in [0.2, 0.25) is 5.28 Å². The minimum Gasteiger partial charge on any atom is -0.390 e. The molecule has 3 N–H and O–H groups in total. The van der Waals surface area contributed by atoms with Crippen LogP contribution < -0.4 is 5.32 Å². The average Bonchev–Trinajstić information content (AvgIpc) is 3.08. The molecule has 8 heteroatoms. The van der Waals surface area contributed by atoms with Crippen molar-refractivity contribution in [2.75, 3.05) is 5.32 Å². The van der Waals surface area contributed by atoms with Crippen molar-refractivity contribution in [1.82, 2.24) is 19.5 Å². The number of imidazole rings is 1. The Morgan fingerprint density at radius 1 is 1.11 bits per heavy atom. The molecular formula is C20H28ClN5O2. The molecule has 7 nitrogen and oxygen atoms in total. The third kappa shape index (κ3) is 2.99. The van der Waals surface area contributed by atoms with E-state index in [1.54, 1.807) is 6.33 Å². The molecule has 2 heterocycles. The van der Waals surface area contributed by atoms with E-state index in [2.05, 4.69) is 20.3 Å². The maximum Gasteiger partial charge on any atom is 0.226 e. The third-order valence-corrected chi connectivity index (χ3v) is 7.48. The van der Waals surface area contributed by atoms with E-state index < -0.39 is 12.2 Å². The van der Waals surface area contributed by atoms with Gasteiger partial charge in [-0.2, -0.15) is 9.97 Å². The molecule has 1 unspecified atom stereocenters. The maximum absolute atomic E-state index is 10.5. The number of fused-ring (bicyclic) bond motifs is 1. The predicted octanol–water partition coefficient (Wildman–Crippen LogP) is 3.16. The molecule has 0 aromatic carbocycles. The van der Waals surface area contributed by atoms with E-state index in [1.165, 1.54) is 38.5 Å². The first kappa shape index (κ1) is 18.6. The molecule has 0 spiro atoms. The Labute approximate surface area is 169 Å². The Bertz CT molecular complexity index is 852. The zero-order chi connectivity index (χ0) is 19.4. The van der Waals surface area contributed by atoms with Gasteiger partial charge in [-0.1, -0.05) is 19.8 Å². The SMILES string of the molecule is CC1C[C@@H](n2cnc3c(NC(C4CCC4)C4CCC4)nc(Cl)nc32)[C@H](O)[C@@H]1O. The summed E-state index contributed by atoms with van der Waals surface area (Å²) in [5, 5.41) is 24.5. The fourth-order valence-electron chi connectivity index (χ4n) is 5.11. The molecule has 0 saturated heterocycles. The second kappa shape index (κ2) is 7.11. The summed E-state index contributed by atoms with van der Waals surface area (Å²) in [5.41, 5.74) is 1.31. The van der Waals surface area contributed by atoms with Crippen molar-refractivity contribution in [3.8, 4) is 0 Å². The van der Waals surface area contributed by atoms with Gasteiger partial charge in [0.05, 0.1) is 18.5 Å². The van der Waals surface area contributed by atoms with Crippen LogP contribution in [0.3, 0.4) is 0 Å². The van der Waals surface area contributed by atoms with Crippen molar-refractivity contribution >= 4 is 28.6 Å². The molecule has 2 aromatic rings. The summed E-state index contributed by atoms with van der Waals surface area (Å²) in [4.78, 5) is 13.5. The van der Waals surface area contributed by atoms with E-state index in [-0.39, 0.29) is 17.2 Å². The lowest BCUT2D eigenvalue weighted by Gasteiger charge is -2.43.